The number of anilines is 2. The number of benzene rings is 3. The molecule has 0 atom stereocenters. The number of nitrogens with zero attached hydrogens (tertiary/aromatic N) is 2. The topological polar surface area (TPSA) is 148 Å². The summed E-state index contributed by atoms with van der Waals surface area (Å²) in [5.41, 5.74) is 1.05. The van der Waals surface area contributed by atoms with Crippen LogP contribution in [-0.2, 0) is 22.1 Å². The number of amides is 4. The zero-order valence-corrected chi connectivity index (χ0v) is 29.2. The highest BCUT2D eigenvalue weighted by Crippen LogP contribution is 2.41. The Labute approximate surface area is 288 Å². The maximum atomic E-state index is 13.5. The van der Waals surface area contributed by atoms with Gasteiger partial charge in [0.2, 0.25) is 0 Å². The van der Waals surface area contributed by atoms with Crippen LogP contribution in [0.15, 0.2) is 97.2 Å². The Morgan fingerprint density at radius 3 is 1.49 bits per heavy atom. The molecule has 3 aromatic carbocycles. The molecule has 4 aromatic rings. The van der Waals surface area contributed by atoms with E-state index in [2.05, 4.69) is 68.1 Å². The molecule has 12 nitrogen and oxygen atoms in total. The first-order valence-electron chi connectivity index (χ1n) is 16.1. The molecule has 49 heavy (non-hydrogen) atoms. The Morgan fingerprint density at radius 2 is 1.10 bits per heavy atom. The SMILES string of the molecule is Cn1ncc(NC(=O)NC(CNC(=O)OC(C)(C)C)CNC(=O)OC(C)(C)C)c1NC(c1ccccc1)(c1ccccc1)c1ccccc1. The van der Waals surface area contributed by atoms with Gasteiger partial charge >= 0.3 is 18.2 Å². The van der Waals surface area contributed by atoms with Crippen LogP contribution in [0.25, 0.3) is 0 Å². The third-order valence-corrected chi connectivity index (χ3v) is 7.23. The number of hydrogen-bond donors (Lipinski definition) is 5. The molecule has 4 amide bonds. The Kier molecular flexibility index (Phi) is 11.6. The van der Waals surface area contributed by atoms with Gasteiger partial charge < -0.3 is 36.1 Å². The van der Waals surface area contributed by atoms with Crippen LogP contribution in [0.1, 0.15) is 58.2 Å². The van der Waals surface area contributed by atoms with Gasteiger partial charge in [-0.05, 0) is 58.2 Å². The van der Waals surface area contributed by atoms with Crippen molar-refractivity contribution in [3.8, 4) is 0 Å². The molecule has 1 heterocycles. The van der Waals surface area contributed by atoms with Crippen LogP contribution in [0.3, 0.4) is 0 Å². The second-order valence-corrected chi connectivity index (χ2v) is 13.6. The minimum Gasteiger partial charge on any atom is -0.444 e. The highest BCUT2D eigenvalue weighted by molar-refractivity contribution is 5.93. The molecule has 0 aliphatic rings. The van der Waals surface area contributed by atoms with E-state index in [1.807, 2.05) is 54.6 Å². The predicted octanol–water partition coefficient (Wildman–Crippen LogP) is 6.36. The standard InChI is InChI=1S/C37H47N7O5/c1-35(2,3)48-33(46)38-23-29(24-39-34(47)49-36(4,5)6)41-32(45)42-30-25-40-44(7)31(30)43-37(26-17-11-8-12-18-26,27-19-13-9-14-20-27)28-21-15-10-16-22-28/h8-22,25,29,43H,23-24H2,1-7H3,(H,38,46)(H,39,47)(H2,41,42,45). The van der Waals surface area contributed by atoms with Crippen molar-refractivity contribution < 1.29 is 23.9 Å². The lowest BCUT2D eigenvalue weighted by Gasteiger charge is -2.38. The van der Waals surface area contributed by atoms with E-state index in [1.165, 1.54) is 0 Å². The molecule has 0 aliphatic heterocycles. The van der Waals surface area contributed by atoms with Crippen LogP contribution in [0, 0.1) is 0 Å². The molecule has 260 valence electrons. The average Bonchev–Trinajstić information content (AvgIpc) is 3.38. The van der Waals surface area contributed by atoms with Gasteiger partial charge in [0.05, 0.1) is 12.2 Å². The normalized spacial score (nSPS) is 11.8. The quantitative estimate of drug-likeness (QED) is 0.117. The number of alkyl carbamates (subject to hydrolysis) is 2. The molecule has 0 fully saturated rings. The molecule has 5 N–H and O–H groups in total. The van der Waals surface area contributed by atoms with Crippen molar-refractivity contribution in [2.24, 2.45) is 7.05 Å². The van der Waals surface area contributed by atoms with E-state index < -0.39 is 41.0 Å². The lowest BCUT2D eigenvalue weighted by atomic mass is 9.77. The fourth-order valence-corrected chi connectivity index (χ4v) is 5.20. The molecule has 0 saturated heterocycles. The van der Waals surface area contributed by atoms with Gasteiger partial charge in [-0.1, -0.05) is 91.0 Å². The van der Waals surface area contributed by atoms with Crippen molar-refractivity contribution in [3.05, 3.63) is 114 Å². The van der Waals surface area contributed by atoms with Gasteiger partial charge in [-0.25, -0.2) is 14.4 Å². The first kappa shape index (κ1) is 36.3. The molecular formula is C37H47N7O5. The van der Waals surface area contributed by atoms with Gasteiger partial charge in [0.15, 0.2) is 0 Å². The summed E-state index contributed by atoms with van der Waals surface area (Å²) >= 11 is 0. The Morgan fingerprint density at radius 1 is 0.694 bits per heavy atom. The van der Waals surface area contributed by atoms with Gasteiger partial charge in [-0.15, -0.1) is 0 Å². The largest absolute Gasteiger partial charge is 0.444 e. The van der Waals surface area contributed by atoms with Crippen molar-refractivity contribution in [2.45, 2.75) is 64.3 Å². The smallest absolute Gasteiger partial charge is 0.407 e. The van der Waals surface area contributed by atoms with Gasteiger partial charge in [-0.2, -0.15) is 5.10 Å². The molecule has 12 heteroatoms. The average molecular weight is 670 g/mol. The summed E-state index contributed by atoms with van der Waals surface area (Å²) in [5.74, 6) is 0.544. The highest BCUT2D eigenvalue weighted by atomic mass is 16.6. The minimum absolute atomic E-state index is 0.0323. The summed E-state index contributed by atoms with van der Waals surface area (Å²) in [6.45, 7) is 10.4. The van der Waals surface area contributed by atoms with Crippen molar-refractivity contribution in [3.63, 3.8) is 0 Å². The third-order valence-electron chi connectivity index (χ3n) is 7.23. The number of ether oxygens (including phenoxy) is 2. The van der Waals surface area contributed by atoms with Crippen LogP contribution in [-0.4, -0.2) is 58.3 Å². The first-order valence-corrected chi connectivity index (χ1v) is 16.1. The molecular weight excluding hydrogens is 622 g/mol. The predicted molar refractivity (Wildman–Crippen MR) is 190 cm³/mol. The maximum Gasteiger partial charge on any atom is 0.407 e. The Hall–Kier alpha value is -5.52. The van der Waals surface area contributed by atoms with Crippen molar-refractivity contribution in [1.82, 2.24) is 25.7 Å². The number of aromatic nitrogens is 2. The number of hydrogen-bond acceptors (Lipinski definition) is 7. The van der Waals surface area contributed by atoms with E-state index in [0.29, 0.717) is 11.5 Å². The summed E-state index contributed by atoms with van der Waals surface area (Å²) in [6, 6.07) is 28.9. The van der Waals surface area contributed by atoms with Crippen LogP contribution in [0.5, 0.6) is 0 Å². The van der Waals surface area contributed by atoms with Gasteiger partial charge in [0, 0.05) is 20.1 Å². The number of carbonyl (C=O) groups is 3. The van der Waals surface area contributed by atoms with Crippen molar-refractivity contribution in [2.75, 3.05) is 23.7 Å². The minimum atomic E-state index is -0.873. The summed E-state index contributed by atoms with van der Waals surface area (Å²) in [5, 5.41) is 19.3. The molecule has 0 spiro atoms. The number of rotatable bonds is 11. The number of carbonyl (C=O) groups excluding carboxylic acids is 3. The zero-order valence-electron chi connectivity index (χ0n) is 29.2. The molecule has 0 radical (unpaired) electrons. The lowest BCUT2D eigenvalue weighted by Crippen LogP contribution is -2.52. The summed E-state index contributed by atoms with van der Waals surface area (Å²) in [7, 11) is 1.79. The van der Waals surface area contributed by atoms with Crippen molar-refractivity contribution >= 4 is 29.7 Å². The molecule has 1 aromatic heterocycles. The molecule has 0 aliphatic carbocycles. The molecule has 0 unspecified atom stereocenters. The summed E-state index contributed by atoms with van der Waals surface area (Å²) in [6.07, 6.45) is 0.241. The Balaban J connectivity index is 1.61. The molecule has 0 saturated carbocycles. The lowest BCUT2D eigenvalue weighted by molar-refractivity contribution is 0.0516. The van der Waals surface area contributed by atoms with E-state index >= 15 is 0 Å². The van der Waals surface area contributed by atoms with Crippen LogP contribution >= 0.6 is 0 Å². The van der Waals surface area contributed by atoms with E-state index in [9.17, 15) is 14.4 Å². The van der Waals surface area contributed by atoms with Crippen LogP contribution in [0.4, 0.5) is 25.9 Å². The fourth-order valence-electron chi connectivity index (χ4n) is 5.20. The number of nitrogens with one attached hydrogen (secondary N) is 5. The van der Waals surface area contributed by atoms with Crippen molar-refractivity contribution in [1.29, 1.82) is 0 Å². The maximum absolute atomic E-state index is 13.5. The van der Waals surface area contributed by atoms with Gasteiger partial charge in [0.25, 0.3) is 0 Å². The molecule has 4 rings (SSSR count). The van der Waals surface area contributed by atoms with Crippen LogP contribution in [0.2, 0.25) is 0 Å². The van der Waals surface area contributed by atoms with Gasteiger partial charge in [-0.3, -0.25) is 4.68 Å². The highest BCUT2D eigenvalue weighted by Gasteiger charge is 2.38. The zero-order chi connectivity index (χ0) is 35.7. The van der Waals surface area contributed by atoms with E-state index in [-0.39, 0.29) is 13.1 Å². The Bertz CT molecular complexity index is 1550. The second-order valence-electron chi connectivity index (χ2n) is 13.6. The summed E-state index contributed by atoms with van der Waals surface area (Å²) < 4.78 is 12.3. The third kappa shape index (κ3) is 10.2. The fraction of sp³-hybridized carbons (Fsp3) is 0.351. The first-order chi connectivity index (χ1) is 23.2. The van der Waals surface area contributed by atoms with Crippen LogP contribution < -0.4 is 26.6 Å². The summed E-state index contributed by atoms with van der Waals surface area (Å²) in [4.78, 5) is 38.3. The second kappa shape index (κ2) is 15.6. The van der Waals surface area contributed by atoms with E-state index in [0.717, 1.165) is 16.7 Å². The monoisotopic (exact) mass is 669 g/mol. The molecule has 0 bridgehead atoms. The van der Waals surface area contributed by atoms with E-state index in [4.69, 9.17) is 9.47 Å². The number of aryl methyl sites for hydroxylation is 1. The van der Waals surface area contributed by atoms with E-state index in [1.54, 1.807) is 59.5 Å². The number of urea groups is 1. The van der Waals surface area contributed by atoms with Gasteiger partial charge in [0.1, 0.15) is 28.2 Å².